The number of aromatic nitrogens is 1. The molecule has 0 unspecified atom stereocenters. The maximum atomic E-state index is 12.5. The van der Waals surface area contributed by atoms with Gasteiger partial charge in [-0.15, -0.1) is 13.2 Å². The van der Waals surface area contributed by atoms with Gasteiger partial charge in [0.1, 0.15) is 5.75 Å². The second-order valence-electron chi connectivity index (χ2n) is 4.83. The zero-order valence-corrected chi connectivity index (χ0v) is 13.6. The Morgan fingerprint density at radius 3 is 2.22 bits per heavy atom. The van der Waals surface area contributed by atoms with Gasteiger partial charge in [0.05, 0.1) is 10.6 Å². The van der Waals surface area contributed by atoms with Crippen molar-refractivity contribution in [2.45, 2.75) is 12.5 Å². The van der Waals surface area contributed by atoms with Crippen LogP contribution in [-0.2, 0) is 6.18 Å². The van der Waals surface area contributed by atoms with Gasteiger partial charge in [0.15, 0.2) is 5.82 Å². The van der Waals surface area contributed by atoms with E-state index in [1.807, 2.05) is 0 Å². The van der Waals surface area contributed by atoms with Gasteiger partial charge in [-0.2, -0.15) is 13.2 Å². The van der Waals surface area contributed by atoms with E-state index in [1.165, 1.54) is 0 Å². The Morgan fingerprint density at radius 1 is 1.07 bits per heavy atom. The number of anilines is 2. The highest BCUT2D eigenvalue weighted by atomic mass is 35.5. The third-order valence-corrected chi connectivity index (χ3v) is 3.10. The minimum atomic E-state index is -4.84. The fraction of sp³-hybridized carbons (Fsp3) is 0.143. The van der Waals surface area contributed by atoms with E-state index < -0.39 is 34.9 Å². The van der Waals surface area contributed by atoms with E-state index in [0.29, 0.717) is 12.3 Å². The molecule has 146 valence electrons. The van der Waals surface area contributed by atoms with Crippen LogP contribution in [-0.4, -0.2) is 17.4 Å². The molecule has 13 heteroatoms. The standard InChI is InChI=1S/C14H9ClF6N4O2/c15-10-5-7(13(16,17)18)6-22-11(10)24-25-12(26)23-8-1-3-9(4-2-8)27-14(19,20)21/h1-6H,(H,22,24)(H2,23,25,26). The maximum Gasteiger partial charge on any atom is 0.573 e. The molecule has 2 rings (SSSR count). The number of carbonyl (C=O) groups excluding carboxylic acids is 1. The average Bonchev–Trinajstić information content (AvgIpc) is 2.53. The smallest absolute Gasteiger partial charge is 0.406 e. The summed E-state index contributed by atoms with van der Waals surface area (Å²) in [6, 6.07) is 3.98. The van der Waals surface area contributed by atoms with Gasteiger partial charge in [-0.05, 0) is 30.3 Å². The number of nitrogens with zero attached hydrogens (tertiary/aromatic N) is 1. The molecule has 6 nitrogen and oxygen atoms in total. The normalized spacial score (nSPS) is 11.7. The summed E-state index contributed by atoms with van der Waals surface area (Å²) in [4.78, 5) is 15.1. The summed E-state index contributed by atoms with van der Waals surface area (Å²) in [5.41, 5.74) is 3.32. The molecule has 3 N–H and O–H groups in total. The van der Waals surface area contributed by atoms with E-state index in [1.54, 1.807) is 0 Å². The van der Waals surface area contributed by atoms with Crippen molar-refractivity contribution in [3.63, 3.8) is 0 Å². The molecule has 2 amide bonds. The SMILES string of the molecule is O=C(NNc1ncc(C(F)(F)F)cc1Cl)Nc1ccc(OC(F)(F)F)cc1. The summed E-state index contributed by atoms with van der Waals surface area (Å²) in [6.07, 6.45) is -8.95. The van der Waals surface area contributed by atoms with Gasteiger partial charge in [-0.25, -0.2) is 15.2 Å². The van der Waals surface area contributed by atoms with Gasteiger partial charge in [-0.1, -0.05) is 11.6 Å². The van der Waals surface area contributed by atoms with Crippen molar-refractivity contribution < 1.29 is 35.9 Å². The van der Waals surface area contributed by atoms with Crippen molar-refractivity contribution >= 4 is 29.1 Å². The third-order valence-electron chi connectivity index (χ3n) is 2.81. The summed E-state index contributed by atoms with van der Waals surface area (Å²) >= 11 is 5.65. The topological polar surface area (TPSA) is 75.3 Å². The number of alkyl halides is 6. The van der Waals surface area contributed by atoms with Gasteiger partial charge in [0.25, 0.3) is 0 Å². The Labute approximate surface area is 152 Å². The summed E-state index contributed by atoms with van der Waals surface area (Å²) in [5.74, 6) is -0.721. The second-order valence-corrected chi connectivity index (χ2v) is 5.24. The van der Waals surface area contributed by atoms with Crippen LogP contribution in [0.1, 0.15) is 5.56 Å². The van der Waals surface area contributed by atoms with Crippen LogP contribution in [0.2, 0.25) is 5.02 Å². The molecule has 0 fully saturated rings. The highest BCUT2D eigenvalue weighted by Gasteiger charge is 2.32. The Morgan fingerprint density at radius 2 is 1.70 bits per heavy atom. The molecule has 2 aromatic rings. The Bertz CT molecular complexity index is 811. The lowest BCUT2D eigenvalue weighted by atomic mass is 10.3. The van der Waals surface area contributed by atoms with Crippen LogP contribution in [0, 0.1) is 0 Å². The summed E-state index contributed by atoms with van der Waals surface area (Å²) in [5, 5.41) is 1.87. The van der Waals surface area contributed by atoms with Gasteiger partial charge in [-0.3, -0.25) is 5.43 Å². The van der Waals surface area contributed by atoms with Gasteiger partial charge < -0.3 is 10.1 Å². The summed E-state index contributed by atoms with van der Waals surface area (Å²) in [6.45, 7) is 0. The molecular weight excluding hydrogens is 406 g/mol. The van der Waals surface area contributed by atoms with Crippen molar-refractivity contribution in [2.75, 3.05) is 10.7 Å². The van der Waals surface area contributed by atoms with Crippen molar-refractivity contribution in [1.82, 2.24) is 10.4 Å². The van der Waals surface area contributed by atoms with Crippen molar-refractivity contribution in [3.8, 4) is 5.75 Å². The number of rotatable bonds is 4. The largest absolute Gasteiger partial charge is 0.573 e. The van der Waals surface area contributed by atoms with Crippen LogP contribution in [0.15, 0.2) is 36.5 Å². The van der Waals surface area contributed by atoms with Crippen LogP contribution in [0.4, 0.5) is 42.6 Å². The molecule has 1 aromatic carbocycles. The first kappa shape index (κ1) is 20.4. The second kappa shape index (κ2) is 7.78. The van der Waals surface area contributed by atoms with E-state index in [9.17, 15) is 31.1 Å². The van der Waals surface area contributed by atoms with Crippen molar-refractivity contribution in [2.24, 2.45) is 0 Å². The molecule has 1 heterocycles. The number of hydrogen-bond acceptors (Lipinski definition) is 4. The number of carbonyl (C=O) groups is 1. The quantitative estimate of drug-likeness (QED) is 0.496. The Kier molecular flexibility index (Phi) is 5.88. The number of amides is 2. The number of hydrazine groups is 1. The Hall–Kier alpha value is -2.89. The first-order valence-electron chi connectivity index (χ1n) is 6.85. The lowest BCUT2D eigenvalue weighted by molar-refractivity contribution is -0.274. The van der Waals surface area contributed by atoms with Crippen LogP contribution in [0.3, 0.4) is 0 Å². The van der Waals surface area contributed by atoms with Crippen LogP contribution in [0.5, 0.6) is 5.75 Å². The maximum absolute atomic E-state index is 12.5. The number of halogens is 7. The highest BCUT2D eigenvalue weighted by molar-refractivity contribution is 6.33. The monoisotopic (exact) mass is 414 g/mol. The molecule has 0 atom stereocenters. The average molecular weight is 415 g/mol. The van der Waals surface area contributed by atoms with E-state index in [2.05, 4.69) is 25.9 Å². The zero-order valence-electron chi connectivity index (χ0n) is 12.9. The first-order chi connectivity index (χ1) is 12.4. The van der Waals surface area contributed by atoms with Crippen molar-refractivity contribution in [1.29, 1.82) is 0 Å². The van der Waals surface area contributed by atoms with E-state index in [-0.39, 0.29) is 11.5 Å². The Balaban J connectivity index is 1.91. The molecule has 0 aliphatic rings. The lowest BCUT2D eigenvalue weighted by Gasteiger charge is -2.13. The van der Waals surface area contributed by atoms with Gasteiger partial charge in [0, 0.05) is 11.9 Å². The third kappa shape index (κ3) is 6.40. The number of ether oxygens (including phenoxy) is 1. The minimum absolute atomic E-state index is 0.121. The number of nitrogens with one attached hydrogen (secondary N) is 3. The van der Waals surface area contributed by atoms with E-state index in [4.69, 9.17) is 11.6 Å². The molecule has 0 bridgehead atoms. The molecule has 0 saturated carbocycles. The number of hydrogen-bond donors (Lipinski definition) is 3. The summed E-state index contributed by atoms with van der Waals surface area (Å²) in [7, 11) is 0. The predicted octanol–water partition coefficient (Wildman–Crippen LogP) is 4.80. The summed E-state index contributed by atoms with van der Waals surface area (Å²) < 4.78 is 77.3. The van der Waals surface area contributed by atoms with Crippen molar-refractivity contribution in [3.05, 3.63) is 47.1 Å². The number of pyridine rings is 1. The molecular formula is C14H9ClF6N4O2. The van der Waals surface area contributed by atoms with Crippen LogP contribution in [0.25, 0.3) is 0 Å². The fourth-order valence-corrected chi connectivity index (χ4v) is 1.92. The van der Waals surface area contributed by atoms with E-state index >= 15 is 0 Å². The van der Waals surface area contributed by atoms with Gasteiger partial charge >= 0.3 is 18.6 Å². The lowest BCUT2D eigenvalue weighted by Crippen LogP contribution is -2.34. The molecule has 0 radical (unpaired) electrons. The molecule has 0 aliphatic carbocycles. The predicted molar refractivity (Wildman–Crippen MR) is 83.2 cm³/mol. The fourth-order valence-electron chi connectivity index (χ4n) is 1.70. The number of urea groups is 1. The number of benzene rings is 1. The highest BCUT2D eigenvalue weighted by Crippen LogP contribution is 2.32. The van der Waals surface area contributed by atoms with Gasteiger partial charge in [0.2, 0.25) is 0 Å². The minimum Gasteiger partial charge on any atom is -0.406 e. The van der Waals surface area contributed by atoms with E-state index in [0.717, 1.165) is 24.3 Å². The zero-order chi connectivity index (χ0) is 20.2. The van der Waals surface area contributed by atoms with Crippen LogP contribution >= 0.6 is 11.6 Å². The molecule has 0 aliphatic heterocycles. The molecule has 27 heavy (non-hydrogen) atoms. The first-order valence-corrected chi connectivity index (χ1v) is 7.23. The molecule has 1 aromatic heterocycles. The molecule has 0 spiro atoms. The molecule has 0 saturated heterocycles. The van der Waals surface area contributed by atoms with Crippen LogP contribution < -0.4 is 20.9 Å².